The van der Waals surface area contributed by atoms with Crippen molar-refractivity contribution in [1.82, 2.24) is 15.6 Å². The number of ether oxygens (including phenoxy) is 1. The molecule has 0 saturated heterocycles. The molecular weight excluding hydrogens is 348 g/mol. The van der Waals surface area contributed by atoms with E-state index in [9.17, 15) is 0 Å². The molecule has 26 heavy (non-hydrogen) atoms. The highest BCUT2D eigenvalue weighted by molar-refractivity contribution is 6.31. The van der Waals surface area contributed by atoms with E-state index >= 15 is 0 Å². The first kappa shape index (κ1) is 18.1. The van der Waals surface area contributed by atoms with Crippen LogP contribution in [0.15, 0.2) is 53.7 Å². The molecule has 6 heteroatoms. The molecule has 0 amide bonds. The predicted molar refractivity (Wildman–Crippen MR) is 108 cm³/mol. The lowest BCUT2D eigenvalue weighted by Crippen LogP contribution is -2.37. The quantitative estimate of drug-likeness (QED) is 0.457. The van der Waals surface area contributed by atoms with Gasteiger partial charge in [-0.15, -0.1) is 0 Å². The van der Waals surface area contributed by atoms with Crippen LogP contribution < -0.4 is 15.4 Å². The van der Waals surface area contributed by atoms with Gasteiger partial charge in [0.25, 0.3) is 0 Å². The molecule has 0 aliphatic carbocycles. The number of fused-ring (bicyclic) bond motifs is 1. The van der Waals surface area contributed by atoms with Crippen molar-refractivity contribution in [1.29, 1.82) is 0 Å². The van der Waals surface area contributed by atoms with Crippen LogP contribution in [0.2, 0.25) is 5.02 Å². The molecule has 0 bridgehead atoms. The Kier molecular flexibility index (Phi) is 6.02. The first-order valence-electron chi connectivity index (χ1n) is 8.52. The van der Waals surface area contributed by atoms with Crippen LogP contribution in [0.1, 0.15) is 11.1 Å². The van der Waals surface area contributed by atoms with Gasteiger partial charge in [0.1, 0.15) is 5.75 Å². The highest BCUT2D eigenvalue weighted by atomic mass is 35.5. The van der Waals surface area contributed by atoms with Gasteiger partial charge in [-0.1, -0.05) is 23.7 Å². The largest absolute Gasteiger partial charge is 0.497 e. The van der Waals surface area contributed by atoms with Gasteiger partial charge >= 0.3 is 0 Å². The zero-order valence-electron chi connectivity index (χ0n) is 15.0. The Morgan fingerprint density at radius 2 is 2.08 bits per heavy atom. The third-order valence-corrected chi connectivity index (χ3v) is 4.47. The second-order valence-corrected chi connectivity index (χ2v) is 6.39. The first-order chi connectivity index (χ1) is 12.7. The number of aromatic amines is 1. The van der Waals surface area contributed by atoms with Crippen LogP contribution in [0.5, 0.6) is 5.75 Å². The third kappa shape index (κ3) is 4.49. The van der Waals surface area contributed by atoms with Gasteiger partial charge in [0, 0.05) is 42.3 Å². The topological polar surface area (TPSA) is 61.4 Å². The minimum Gasteiger partial charge on any atom is -0.497 e. The fourth-order valence-corrected chi connectivity index (χ4v) is 3.03. The second kappa shape index (κ2) is 8.63. The van der Waals surface area contributed by atoms with Gasteiger partial charge in [-0.2, -0.15) is 0 Å². The van der Waals surface area contributed by atoms with Crippen molar-refractivity contribution >= 4 is 28.5 Å². The number of methoxy groups -OCH3 is 1. The number of benzene rings is 2. The molecule has 0 atom stereocenters. The molecule has 136 valence electrons. The highest BCUT2D eigenvalue weighted by Crippen LogP contribution is 2.22. The number of rotatable bonds is 6. The molecule has 2 aromatic carbocycles. The summed E-state index contributed by atoms with van der Waals surface area (Å²) in [7, 11) is 3.44. The van der Waals surface area contributed by atoms with Gasteiger partial charge < -0.3 is 20.4 Å². The Labute approximate surface area is 158 Å². The SMILES string of the molecule is CN=C(NCCc1c[nH]c2ccc(Cl)cc12)NCc1cccc(OC)c1. The molecule has 5 nitrogen and oxygen atoms in total. The van der Waals surface area contributed by atoms with Gasteiger partial charge in [0.05, 0.1) is 7.11 Å². The van der Waals surface area contributed by atoms with Gasteiger partial charge in [-0.05, 0) is 47.9 Å². The molecule has 0 saturated carbocycles. The molecule has 0 unspecified atom stereocenters. The summed E-state index contributed by atoms with van der Waals surface area (Å²) < 4.78 is 5.25. The Morgan fingerprint density at radius 3 is 2.88 bits per heavy atom. The van der Waals surface area contributed by atoms with Crippen LogP contribution in [-0.2, 0) is 13.0 Å². The summed E-state index contributed by atoms with van der Waals surface area (Å²) in [6.45, 7) is 1.46. The number of halogens is 1. The zero-order valence-corrected chi connectivity index (χ0v) is 15.7. The van der Waals surface area contributed by atoms with E-state index in [0.717, 1.165) is 40.8 Å². The summed E-state index contributed by atoms with van der Waals surface area (Å²) in [6.07, 6.45) is 2.91. The summed E-state index contributed by atoms with van der Waals surface area (Å²) >= 11 is 6.11. The minimum atomic E-state index is 0.680. The summed E-state index contributed by atoms with van der Waals surface area (Å²) in [5, 5.41) is 8.58. The van der Waals surface area contributed by atoms with Gasteiger partial charge in [0.15, 0.2) is 5.96 Å². The van der Waals surface area contributed by atoms with Crippen molar-refractivity contribution in [3.8, 4) is 5.75 Å². The van der Waals surface area contributed by atoms with Gasteiger partial charge in [0.2, 0.25) is 0 Å². The maximum atomic E-state index is 6.11. The standard InChI is InChI=1S/C20H23ClN4O/c1-22-20(25-12-14-4-3-5-17(10-14)26-2)23-9-8-15-13-24-19-7-6-16(21)11-18(15)19/h3-7,10-11,13,24H,8-9,12H2,1-2H3,(H2,22,23,25). The van der Waals surface area contributed by atoms with Crippen LogP contribution in [0.3, 0.4) is 0 Å². The maximum absolute atomic E-state index is 6.11. The lowest BCUT2D eigenvalue weighted by Gasteiger charge is -2.12. The third-order valence-electron chi connectivity index (χ3n) is 4.23. The molecule has 3 aromatic rings. The number of hydrogen-bond donors (Lipinski definition) is 3. The molecule has 0 fully saturated rings. The van der Waals surface area contributed by atoms with Crippen LogP contribution in [-0.4, -0.2) is 31.6 Å². The number of aliphatic imine (C=N–C) groups is 1. The molecule has 1 aromatic heterocycles. The molecule has 1 heterocycles. The Bertz CT molecular complexity index is 904. The van der Waals surface area contributed by atoms with Crippen molar-refractivity contribution in [2.75, 3.05) is 20.7 Å². The molecule has 3 rings (SSSR count). The van der Waals surface area contributed by atoms with Crippen molar-refractivity contribution in [3.05, 3.63) is 64.8 Å². The lowest BCUT2D eigenvalue weighted by molar-refractivity contribution is 0.414. The Morgan fingerprint density at radius 1 is 1.19 bits per heavy atom. The smallest absolute Gasteiger partial charge is 0.191 e. The second-order valence-electron chi connectivity index (χ2n) is 5.96. The van der Waals surface area contributed by atoms with E-state index in [0.29, 0.717) is 6.54 Å². The highest BCUT2D eigenvalue weighted by Gasteiger charge is 2.05. The van der Waals surface area contributed by atoms with E-state index in [1.807, 2.05) is 42.6 Å². The minimum absolute atomic E-state index is 0.680. The number of nitrogens with zero attached hydrogens (tertiary/aromatic N) is 1. The summed E-state index contributed by atoms with van der Waals surface area (Å²) in [4.78, 5) is 7.56. The van der Waals surface area contributed by atoms with E-state index in [-0.39, 0.29) is 0 Å². The number of hydrogen-bond acceptors (Lipinski definition) is 2. The van der Waals surface area contributed by atoms with E-state index in [1.54, 1.807) is 14.2 Å². The summed E-state index contributed by atoms with van der Waals surface area (Å²) in [5.74, 6) is 1.62. The van der Waals surface area contributed by atoms with Crippen LogP contribution in [0.25, 0.3) is 10.9 Å². The summed E-state index contributed by atoms with van der Waals surface area (Å²) in [6, 6.07) is 13.9. The van der Waals surface area contributed by atoms with Crippen LogP contribution in [0.4, 0.5) is 0 Å². The average Bonchev–Trinajstić information content (AvgIpc) is 3.06. The van der Waals surface area contributed by atoms with Gasteiger partial charge in [-0.3, -0.25) is 4.99 Å². The molecule has 0 aliphatic rings. The van der Waals surface area contributed by atoms with Crippen molar-refractivity contribution in [3.63, 3.8) is 0 Å². The Balaban J connectivity index is 1.53. The zero-order chi connectivity index (χ0) is 18.4. The molecule has 0 aliphatic heterocycles. The fourth-order valence-electron chi connectivity index (χ4n) is 2.86. The molecule has 3 N–H and O–H groups in total. The van der Waals surface area contributed by atoms with Gasteiger partial charge in [-0.25, -0.2) is 0 Å². The predicted octanol–water partition coefficient (Wildman–Crippen LogP) is 3.74. The van der Waals surface area contributed by atoms with Crippen molar-refractivity contribution < 1.29 is 4.74 Å². The molecule has 0 spiro atoms. The molecular formula is C20H23ClN4O. The number of H-pyrrole nitrogens is 1. The first-order valence-corrected chi connectivity index (χ1v) is 8.90. The van der Waals surface area contributed by atoms with Crippen molar-refractivity contribution in [2.45, 2.75) is 13.0 Å². The summed E-state index contributed by atoms with van der Waals surface area (Å²) in [5.41, 5.74) is 3.47. The van der Waals surface area contributed by atoms with Crippen molar-refractivity contribution in [2.24, 2.45) is 4.99 Å². The molecule has 0 radical (unpaired) electrons. The number of aromatic nitrogens is 1. The Hall–Kier alpha value is -2.66. The van der Waals surface area contributed by atoms with E-state index in [4.69, 9.17) is 16.3 Å². The van der Waals surface area contributed by atoms with Crippen LogP contribution >= 0.6 is 11.6 Å². The lowest BCUT2D eigenvalue weighted by atomic mass is 10.1. The van der Waals surface area contributed by atoms with E-state index < -0.39 is 0 Å². The monoisotopic (exact) mass is 370 g/mol. The fraction of sp³-hybridized carbons (Fsp3) is 0.250. The van der Waals surface area contributed by atoms with E-state index in [1.165, 1.54) is 10.9 Å². The number of nitrogens with one attached hydrogen (secondary N) is 3. The van der Waals surface area contributed by atoms with E-state index in [2.05, 4.69) is 26.7 Å². The normalized spacial score (nSPS) is 11.6. The van der Waals surface area contributed by atoms with Crippen LogP contribution in [0, 0.1) is 0 Å². The average molecular weight is 371 g/mol. The maximum Gasteiger partial charge on any atom is 0.191 e. The number of guanidine groups is 1.